The molecule has 178 valence electrons. The van der Waals surface area contributed by atoms with E-state index < -0.39 is 0 Å². The van der Waals surface area contributed by atoms with E-state index in [9.17, 15) is 10.2 Å². The predicted molar refractivity (Wildman–Crippen MR) is 130 cm³/mol. The lowest BCUT2D eigenvalue weighted by molar-refractivity contribution is -0.0908. The van der Waals surface area contributed by atoms with Crippen LogP contribution >= 0.6 is 0 Å². The van der Waals surface area contributed by atoms with Crippen LogP contribution in [0.5, 0.6) is 0 Å². The van der Waals surface area contributed by atoms with Crippen LogP contribution in [0.3, 0.4) is 0 Å². The van der Waals surface area contributed by atoms with Gasteiger partial charge < -0.3 is 10.2 Å². The summed E-state index contributed by atoms with van der Waals surface area (Å²) in [6, 6.07) is 0. The lowest BCUT2D eigenvalue weighted by Crippen LogP contribution is -2.56. The van der Waals surface area contributed by atoms with Gasteiger partial charge in [0.1, 0.15) is 0 Å². The maximum atomic E-state index is 11.8. The summed E-state index contributed by atoms with van der Waals surface area (Å²) >= 11 is 0. The van der Waals surface area contributed by atoms with E-state index in [0.717, 1.165) is 44.4 Å². The molecule has 31 heavy (non-hydrogen) atoms. The van der Waals surface area contributed by atoms with Gasteiger partial charge in [0.05, 0.1) is 12.2 Å². The summed E-state index contributed by atoms with van der Waals surface area (Å²) in [7, 11) is 0. The van der Waals surface area contributed by atoms with Crippen molar-refractivity contribution < 1.29 is 10.2 Å². The minimum atomic E-state index is -0.191. The van der Waals surface area contributed by atoms with Gasteiger partial charge in [-0.1, -0.05) is 72.5 Å². The highest BCUT2D eigenvalue weighted by molar-refractivity contribution is 5.35. The molecule has 4 rings (SSSR count). The van der Waals surface area contributed by atoms with Crippen LogP contribution in [-0.4, -0.2) is 22.4 Å². The normalized spacial score (nSPS) is 48.0. The molecule has 0 aromatic rings. The second kappa shape index (κ2) is 8.46. The zero-order valence-corrected chi connectivity index (χ0v) is 21.3. The van der Waals surface area contributed by atoms with Crippen molar-refractivity contribution in [3.8, 4) is 0 Å². The molecule has 0 saturated heterocycles. The molecule has 0 aliphatic heterocycles. The molecule has 2 nitrogen and oxygen atoms in total. The highest BCUT2D eigenvalue weighted by atomic mass is 16.3. The monoisotopic (exact) mass is 430 g/mol. The van der Waals surface area contributed by atoms with Crippen molar-refractivity contribution in [2.45, 2.75) is 124 Å². The van der Waals surface area contributed by atoms with Crippen LogP contribution in [0.15, 0.2) is 11.6 Å². The molecule has 0 aromatic carbocycles. The van der Waals surface area contributed by atoms with Crippen LogP contribution in [-0.2, 0) is 0 Å². The first kappa shape index (κ1) is 23.8. The minimum Gasteiger partial charge on any atom is -0.393 e. The topological polar surface area (TPSA) is 40.5 Å². The summed E-state index contributed by atoms with van der Waals surface area (Å²) in [6.45, 7) is 14.6. The summed E-state index contributed by atoms with van der Waals surface area (Å²) in [5.74, 6) is 3.34. The summed E-state index contributed by atoms with van der Waals surface area (Å²) < 4.78 is 0. The van der Waals surface area contributed by atoms with E-state index in [0.29, 0.717) is 29.1 Å². The van der Waals surface area contributed by atoms with Crippen LogP contribution in [0.4, 0.5) is 0 Å². The first-order chi connectivity index (χ1) is 14.6. The number of fused-ring (bicyclic) bond motifs is 5. The molecule has 0 amide bonds. The molecule has 0 radical (unpaired) electrons. The molecule has 2 N–H and O–H groups in total. The van der Waals surface area contributed by atoms with Crippen molar-refractivity contribution in [2.24, 2.45) is 45.8 Å². The first-order valence-corrected chi connectivity index (χ1v) is 13.7. The first-order valence-electron chi connectivity index (χ1n) is 13.7. The van der Waals surface area contributed by atoms with Crippen LogP contribution in [0.1, 0.15) is 112 Å². The molecule has 0 unspecified atom stereocenters. The van der Waals surface area contributed by atoms with E-state index in [2.05, 4.69) is 47.6 Å². The number of hydrogen-bond donors (Lipinski definition) is 2. The molecule has 9 atom stereocenters. The second-order valence-electron chi connectivity index (χ2n) is 13.0. The lowest BCUT2D eigenvalue weighted by Gasteiger charge is -2.62. The number of rotatable bonds is 6. The molecular formula is C29H50O2. The van der Waals surface area contributed by atoms with E-state index in [1.54, 1.807) is 5.57 Å². The third-order valence-corrected chi connectivity index (χ3v) is 11.3. The average molecular weight is 431 g/mol. The van der Waals surface area contributed by atoms with Gasteiger partial charge in [0.2, 0.25) is 0 Å². The summed E-state index contributed by atoms with van der Waals surface area (Å²) in [6.07, 6.45) is 15.1. The molecule has 4 aliphatic rings. The molecule has 0 bridgehead atoms. The molecule has 3 saturated carbocycles. The third-order valence-electron chi connectivity index (χ3n) is 11.3. The van der Waals surface area contributed by atoms with Crippen molar-refractivity contribution in [2.75, 3.05) is 0 Å². The quantitative estimate of drug-likeness (QED) is 0.440. The molecule has 0 aromatic heterocycles. The van der Waals surface area contributed by atoms with Gasteiger partial charge in [-0.05, 0) is 91.8 Å². The molecule has 3 fully saturated rings. The van der Waals surface area contributed by atoms with Gasteiger partial charge in [-0.15, -0.1) is 0 Å². The van der Waals surface area contributed by atoms with Gasteiger partial charge in [0, 0.05) is 5.41 Å². The van der Waals surface area contributed by atoms with Gasteiger partial charge >= 0.3 is 0 Å². The Bertz CT molecular complexity index is 682. The Morgan fingerprint density at radius 2 is 1.77 bits per heavy atom. The Labute approximate surface area is 192 Å². The van der Waals surface area contributed by atoms with Crippen LogP contribution in [0, 0.1) is 45.8 Å². The maximum absolute atomic E-state index is 11.8. The Morgan fingerprint density at radius 3 is 2.45 bits per heavy atom. The number of aliphatic hydroxyl groups excluding tert-OH is 2. The predicted octanol–water partition coefficient (Wildman–Crippen LogP) is 7.14. The summed E-state index contributed by atoms with van der Waals surface area (Å²) in [5.41, 5.74) is 2.14. The Kier molecular flexibility index (Phi) is 6.50. The maximum Gasteiger partial charge on any atom is 0.0641 e. The van der Waals surface area contributed by atoms with Crippen LogP contribution in [0.25, 0.3) is 0 Å². The molecule has 0 spiro atoms. The largest absolute Gasteiger partial charge is 0.393 e. The van der Waals surface area contributed by atoms with E-state index in [4.69, 9.17) is 0 Å². The lowest BCUT2D eigenvalue weighted by atomic mass is 9.42. The molecule has 2 heteroatoms. The van der Waals surface area contributed by atoms with Gasteiger partial charge in [0.25, 0.3) is 0 Å². The van der Waals surface area contributed by atoms with Gasteiger partial charge in [-0.25, -0.2) is 0 Å². The van der Waals surface area contributed by atoms with Crippen molar-refractivity contribution in [3.05, 3.63) is 11.6 Å². The number of allylic oxidation sites excluding steroid dienone is 1. The Balaban J connectivity index is 1.65. The Morgan fingerprint density at radius 1 is 1.03 bits per heavy atom. The van der Waals surface area contributed by atoms with E-state index in [1.165, 1.54) is 32.1 Å². The highest BCUT2D eigenvalue weighted by Gasteiger charge is 2.68. The zero-order valence-electron chi connectivity index (χ0n) is 21.3. The molecule has 4 aliphatic carbocycles. The zero-order chi connectivity index (χ0) is 22.6. The van der Waals surface area contributed by atoms with E-state index in [1.807, 2.05) is 0 Å². The SMILES string of the molecule is CC[C@]12C3=CC[C@H]4C[C@@H](O)CC[C@]4(C)[C@H]3CC[C@]1(C)[C@@H]([C@H](C)CCCC(C)C)C[C@@H]2O. The summed E-state index contributed by atoms with van der Waals surface area (Å²) in [4.78, 5) is 0. The fourth-order valence-corrected chi connectivity index (χ4v) is 9.51. The number of aliphatic hydroxyl groups is 2. The fraction of sp³-hybridized carbons (Fsp3) is 0.931. The van der Waals surface area contributed by atoms with Crippen molar-refractivity contribution >= 4 is 0 Å². The molecular weight excluding hydrogens is 380 g/mol. The van der Waals surface area contributed by atoms with Gasteiger partial charge in [-0.3, -0.25) is 0 Å². The Hall–Kier alpha value is -0.340. The minimum absolute atomic E-state index is 0.0308. The van der Waals surface area contributed by atoms with Crippen molar-refractivity contribution in [1.82, 2.24) is 0 Å². The second-order valence-corrected chi connectivity index (χ2v) is 13.0. The van der Waals surface area contributed by atoms with E-state index >= 15 is 0 Å². The van der Waals surface area contributed by atoms with Crippen LogP contribution < -0.4 is 0 Å². The standard InChI is InChI=1S/C29H50O2/c1-7-29-24-12-11-21-17-22(30)13-15-27(21,5)23(24)14-16-28(29,6)25(18-26(29)31)20(4)10-8-9-19(2)3/h12,19-23,25-26,30-31H,7-11,13-18H2,1-6H3/t20-,21+,22+,23+,25-,26+,27+,28-,29-/m1/s1. The van der Waals surface area contributed by atoms with E-state index in [-0.39, 0.29) is 23.0 Å². The van der Waals surface area contributed by atoms with Gasteiger partial charge in [0.15, 0.2) is 0 Å². The fourth-order valence-electron chi connectivity index (χ4n) is 9.51. The van der Waals surface area contributed by atoms with Crippen LogP contribution in [0.2, 0.25) is 0 Å². The number of hydrogen-bond acceptors (Lipinski definition) is 2. The summed E-state index contributed by atoms with van der Waals surface area (Å²) in [5, 5.41) is 22.1. The third kappa shape index (κ3) is 3.49. The highest BCUT2D eigenvalue weighted by Crippen LogP contribution is 2.73. The van der Waals surface area contributed by atoms with Gasteiger partial charge in [-0.2, -0.15) is 0 Å². The van der Waals surface area contributed by atoms with Crippen molar-refractivity contribution in [1.29, 1.82) is 0 Å². The smallest absolute Gasteiger partial charge is 0.0641 e. The van der Waals surface area contributed by atoms with Crippen molar-refractivity contribution in [3.63, 3.8) is 0 Å². The average Bonchev–Trinajstić information content (AvgIpc) is 2.95. The molecule has 0 heterocycles.